The van der Waals surface area contributed by atoms with Crippen LogP contribution < -0.4 is 5.32 Å². The minimum absolute atomic E-state index is 0.167. The summed E-state index contributed by atoms with van der Waals surface area (Å²) in [4.78, 5) is 40.9. The van der Waals surface area contributed by atoms with E-state index in [1.165, 1.54) is 32.4 Å². The molecule has 0 saturated carbocycles. The summed E-state index contributed by atoms with van der Waals surface area (Å²) in [7, 11) is 2.52. The van der Waals surface area contributed by atoms with Gasteiger partial charge in [-0.15, -0.1) is 0 Å². The van der Waals surface area contributed by atoms with E-state index in [9.17, 15) is 14.4 Å². The number of hydrogen-bond donors (Lipinski definition) is 1. The van der Waals surface area contributed by atoms with E-state index in [1.807, 2.05) is 29.2 Å². The van der Waals surface area contributed by atoms with Crippen LogP contribution in [0.5, 0.6) is 0 Å². The summed E-state index contributed by atoms with van der Waals surface area (Å²) in [5.41, 5.74) is 1.76. The van der Waals surface area contributed by atoms with Crippen LogP contribution in [-0.2, 0) is 20.8 Å². The van der Waals surface area contributed by atoms with Crippen molar-refractivity contribution in [1.29, 1.82) is 0 Å². The fourth-order valence-electron chi connectivity index (χ4n) is 3.57. The standard InChI is InChI=1S/C23H26ClN3O5/c1-31-22(29)17-6-7-19(23(30)32-2)20(13-17)25-21(28)15-27-10-8-26(9-11-27)14-16-4-3-5-18(24)12-16/h3-7,12-13H,8-11,14-15H2,1-2H3,(H,25,28). The van der Waals surface area contributed by atoms with Crippen LogP contribution in [-0.4, -0.2) is 74.6 Å². The van der Waals surface area contributed by atoms with E-state index in [2.05, 4.69) is 10.2 Å². The third kappa shape index (κ3) is 6.29. The number of piperazine rings is 1. The van der Waals surface area contributed by atoms with Gasteiger partial charge in [0.15, 0.2) is 0 Å². The highest BCUT2D eigenvalue weighted by Crippen LogP contribution is 2.20. The number of esters is 2. The van der Waals surface area contributed by atoms with Crippen molar-refractivity contribution in [3.05, 3.63) is 64.2 Å². The third-order valence-corrected chi connectivity index (χ3v) is 5.48. The molecule has 0 bridgehead atoms. The maximum atomic E-state index is 12.7. The van der Waals surface area contributed by atoms with Gasteiger partial charge in [-0.05, 0) is 35.9 Å². The predicted octanol–water partition coefficient (Wildman–Crippen LogP) is 2.67. The van der Waals surface area contributed by atoms with E-state index in [0.29, 0.717) is 0 Å². The Hall–Kier alpha value is -2.94. The summed E-state index contributed by atoms with van der Waals surface area (Å²) >= 11 is 6.06. The van der Waals surface area contributed by atoms with E-state index in [1.54, 1.807) is 0 Å². The Morgan fingerprint density at radius 1 is 0.938 bits per heavy atom. The number of methoxy groups -OCH3 is 2. The Kier molecular flexibility index (Phi) is 8.21. The number of carbonyl (C=O) groups excluding carboxylic acids is 3. The van der Waals surface area contributed by atoms with Gasteiger partial charge in [-0.1, -0.05) is 23.7 Å². The number of hydrogen-bond acceptors (Lipinski definition) is 7. The minimum atomic E-state index is -0.605. The summed E-state index contributed by atoms with van der Waals surface area (Å²) in [6.07, 6.45) is 0. The molecule has 1 aliphatic heterocycles. The maximum absolute atomic E-state index is 12.7. The van der Waals surface area contributed by atoms with E-state index in [0.717, 1.165) is 43.3 Å². The second-order valence-corrected chi connectivity index (χ2v) is 7.91. The van der Waals surface area contributed by atoms with Gasteiger partial charge in [0.05, 0.1) is 37.6 Å². The molecule has 8 nitrogen and oxygen atoms in total. The lowest BCUT2D eigenvalue weighted by molar-refractivity contribution is -0.117. The first kappa shape index (κ1) is 23.7. The molecule has 1 amide bonds. The highest BCUT2D eigenvalue weighted by Gasteiger charge is 2.21. The van der Waals surface area contributed by atoms with Crippen LogP contribution >= 0.6 is 11.6 Å². The second kappa shape index (κ2) is 11.1. The molecule has 170 valence electrons. The van der Waals surface area contributed by atoms with Gasteiger partial charge in [0.1, 0.15) is 0 Å². The zero-order chi connectivity index (χ0) is 23.1. The Morgan fingerprint density at radius 3 is 2.28 bits per heavy atom. The average molecular weight is 460 g/mol. The molecule has 32 heavy (non-hydrogen) atoms. The number of carbonyl (C=O) groups is 3. The highest BCUT2D eigenvalue weighted by molar-refractivity contribution is 6.30. The van der Waals surface area contributed by atoms with E-state index in [4.69, 9.17) is 21.1 Å². The van der Waals surface area contributed by atoms with Crippen LogP contribution in [0.25, 0.3) is 0 Å². The molecule has 9 heteroatoms. The van der Waals surface area contributed by atoms with Crippen molar-refractivity contribution in [1.82, 2.24) is 9.80 Å². The molecule has 2 aromatic carbocycles. The first-order chi connectivity index (χ1) is 15.4. The summed E-state index contributed by atoms with van der Waals surface area (Å²) in [6.45, 7) is 4.10. The number of nitrogens with zero attached hydrogens (tertiary/aromatic N) is 2. The smallest absolute Gasteiger partial charge is 0.339 e. The first-order valence-electron chi connectivity index (χ1n) is 10.2. The zero-order valence-corrected chi connectivity index (χ0v) is 18.9. The van der Waals surface area contributed by atoms with Crippen LogP contribution in [0.4, 0.5) is 5.69 Å². The van der Waals surface area contributed by atoms with Gasteiger partial charge in [-0.3, -0.25) is 14.6 Å². The summed E-state index contributed by atoms with van der Waals surface area (Å²) in [5, 5.41) is 3.45. The molecular weight excluding hydrogens is 434 g/mol. The topological polar surface area (TPSA) is 88.2 Å². The first-order valence-corrected chi connectivity index (χ1v) is 10.6. The van der Waals surface area contributed by atoms with Crippen molar-refractivity contribution in [2.24, 2.45) is 0 Å². The predicted molar refractivity (Wildman–Crippen MR) is 121 cm³/mol. The molecule has 0 radical (unpaired) electrons. The Balaban J connectivity index is 1.57. The van der Waals surface area contributed by atoms with E-state index < -0.39 is 11.9 Å². The van der Waals surface area contributed by atoms with Crippen molar-refractivity contribution in [3.8, 4) is 0 Å². The Morgan fingerprint density at radius 2 is 1.62 bits per heavy atom. The SMILES string of the molecule is COC(=O)c1ccc(C(=O)OC)c(NC(=O)CN2CCN(Cc3cccc(Cl)c3)CC2)c1. The third-order valence-electron chi connectivity index (χ3n) is 5.25. The Bertz CT molecular complexity index is 989. The molecule has 1 N–H and O–H groups in total. The van der Waals surface area contributed by atoms with Gasteiger partial charge in [0, 0.05) is 37.7 Å². The number of benzene rings is 2. The number of rotatable bonds is 7. The highest BCUT2D eigenvalue weighted by atomic mass is 35.5. The van der Waals surface area contributed by atoms with Gasteiger partial charge in [0.2, 0.25) is 5.91 Å². The maximum Gasteiger partial charge on any atom is 0.339 e. The van der Waals surface area contributed by atoms with Crippen LogP contribution in [0, 0.1) is 0 Å². The molecule has 0 spiro atoms. The normalized spacial score (nSPS) is 14.6. The lowest BCUT2D eigenvalue weighted by Crippen LogP contribution is -2.48. The van der Waals surface area contributed by atoms with Crippen LogP contribution in [0.1, 0.15) is 26.3 Å². The van der Waals surface area contributed by atoms with Crippen molar-refractivity contribution < 1.29 is 23.9 Å². The molecule has 1 aliphatic rings. The van der Waals surface area contributed by atoms with Crippen LogP contribution in [0.15, 0.2) is 42.5 Å². The zero-order valence-electron chi connectivity index (χ0n) is 18.1. The molecule has 1 fully saturated rings. The van der Waals surface area contributed by atoms with Crippen LogP contribution in [0.3, 0.4) is 0 Å². The number of anilines is 1. The molecular formula is C23H26ClN3O5. The number of ether oxygens (including phenoxy) is 2. The second-order valence-electron chi connectivity index (χ2n) is 7.47. The van der Waals surface area contributed by atoms with Crippen LogP contribution in [0.2, 0.25) is 5.02 Å². The molecule has 0 aliphatic carbocycles. The molecule has 1 saturated heterocycles. The molecule has 2 aromatic rings. The van der Waals surface area contributed by atoms with Gasteiger partial charge in [-0.25, -0.2) is 9.59 Å². The van der Waals surface area contributed by atoms with E-state index >= 15 is 0 Å². The van der Waals surface area contributed by atoms with E-state index in [-0.39, 0.29) is 29.3 Å². The van der Waals surface area contributed by atoms with Crippen molar-refractivity contribution in [2.75, 3.05) is 52.3 Å². The van der Waals surface area contributed by atoms with Gasteiger partial charge >= 0.3 is 11.9 Å². The lowest BCUT2D eigenvalue weighted by atomic mass is 10.1. The lowest BCUT2D eigenvalue weighted by Gasteiger charge is -2.34. The average Bonchev–Trinajstić information content (AvgIpc) is 2.79. The summed E-state index contributed by atoms with van der Waals surface area (Å²) in [5.74, 6) is -1.44. The summed E-state index contributed by atoms with van der Waals surface area (Å²) in [6, 6.07) is 12.1. The van der Waals surface area contributed by atoms with Gasteiger partial charge < -0.3 is 14.8 Å². The number of amides is 1. The van der Waals surface area contributed by atoms with Crippen molar-refractivity contribution in [2.45, 2.75) is 6.54 Å². The number of halogens is 1. The molecule has 3 rings (SSSR count). The molecule has 0 aromatic heterocycles. The quantitative estimate of drug-likeness (QED) is 0.637. The monoisotopic (exact) mass is 459 g/mol. The largest absolute Gasteiger partial charge is 0.465 e. The number of nitrogens with one attached hydrogen (secondary N) is 1. The molecule has 1 heterocycles. The van der Waals surface area contributed by atoms with Crippen molar-refractivity contribution >= 4 is 35.1 Å². The summed E-state index contributed by atoms with van der Waals surface area (Å²) < 4.78 is 9.49. The van der Waals surface area contributed by atoms with Gasteiger partial charge in [-0.2, -0.15) is 0 Å². The molecule has 0 atom stereocenters. The van der Waals surface area contributed by atoms with Gasteiger partial charge in [0.25, 0.3) is 0 Å². The fourth-order valence-corrected chi connectivity index (χ4v) is 3.79. The van der Waals surface area contributed by atoms with Crippen molar-refractivity contribution in [3.63, 3.8) is 0 Å². The minimum Gasteiger partial charge on any atom is -0.465 e. The fraction of sp³-hybridized carbons (Fsp3) is 0.348. The molecule has 0 unspecified atom stereocenters. The Labute approximate surface area is 192 Å².